The van der Waals surface area contributed by atoms with Gasteiger partial charge >= 0.3 is 0 Å². The van der Waals surface area contributed by atoms with E-state index in [0.29, 0.717) is 24.6 Å². The topological polar surface area (TPSA) is 65.2 Å². The molecule has 0 aromatic heterocycles. The lowest BCUT2D eigenvalue weighted by Gasteiger charge is -2.17. The van der Waals surface area contributed by atoms with Crippen molar-refractivity contribution < 1.29 is 10.2 Å². The predicted molar refractivity (Wildman–Crippen MR) is 173 cm³/mol. The maximum atomic E-state index is 11.3. The van der Waals surface area contributed by atoms with Gasteiger partial charge < -0.3 is 10.2 Å². The van der Waals surface area contributed by atoms with E-state index >= 15 is 0 Å². The third-order valence-electron chi connectivity index (χ3n) is 9.00. The third-order valence-corrected chi connectivity index (χ3v) is 9.00. The Kier molecular flexibility index (Phi) is 8.23. The number of hydrogen-bond donors (Lipinski definition) is 2. The Morgan fingerprint density at radius 3 is 1.07 bits per heavy atom. The monoisotopic (exact) mass is 556 g/mol. The Bertz CT molecular complexity index is 1520. The highest BCUT2D eigenvalue weighted by Gasteiger charge is 2.18. The summed E-state index contributed by atoms with van der Waals surface area (Å²) in [6.45, 7) is 5.05. The Morgan fingerprint density at radius 1 is 0.452 bits per heavy atom. The van der Waals surface area contributed by atoms with E-state index in [1.807, 2.05) is 13.8 Å². The molecule has 12 rings (SSSR count). The maximum absolute atomic E-state index is 11.3. The molecule has 0 heterocycles. The first-order valence-corrected chi connectivity index (χ1v) is 15.3. The van der Waals surface area contributed by atoms with Gasteiger partial charge in [-0.1, -0.05) is 72.8 Å². The quantitative estimate of drug-likeness (QED) is 0.202. The SMILES string of the molecule is CC(=NCCN=C(C)c1c2ccc(c1O)CCc1ccc(cc1)CC2)c1c2ccc(c1O)CCc1ccc(cc1)CC2. The number of phenolic OH excluding ortho intramolecular Hbond substituents is 2. The van der Waals surface area contributed by atoms with Gasteiger partial charge in [0.1, 0.15) is 11.5 Å². The number of aliphatic imine (C=N–C) groups is 2. The van der Waals surface area contributed by atoms with Gasteiger partial charge in [-0.2, -0.15) is 0 Å². The molecule has 4 aromatic carbocycles. The fourth-order valence-electron chi connectivity index (χ4n) is 6.43. The molecule has 42 heavy (non-hydrogen) atoms. The molecule has 0 saturated heterocycles. The summed E-state index contributed by atoms with van der Waals surface area (Å²) in [7, 11) is 0. The summed E-state index contributed by atoms with van der Waals surface area (Å²) in [6.07, 6.45) is 6.97. The van der Waals surface area contributed by atoms with E-state index in [4.69, 9.17) is 9.98 Å². The highest BCUT2D eigenvalue weighted by Crippen LogP contribution is 2.31. The van der Waals surface area contributed by atoms with Crippen LogP contribution in [0.4, 0.5) is 0 Å². The van der Waals surface area contributed by atoms with E-state index in [9.17, 15) is 10.2 Å². The number of aromatic hydroxyl groups is 2. The Balaban J connectivity index is 1.21. The molecule has 2 N–H and O–H groups in total. The summed E-state index contributed by atoms with van der Waals surface area (Å²) < 4.78 is 0. The number of hydrogen-bond acceptors (Lipinski definition) is 4. The second-order valence-electron chi connectivity index (χ2n) is 11.8. The van der Waals surface area contributed by atoms with Crippen molar-refractivity contribution in [1.29, 1.82) is 0 Å². The second kappa shape index (κ2) is 12.4. The van der Waals surface area contributed by atoms with Gasteiger partial charge in [-0.3, -0.25) is 9.98 Å². The van der Waals surface area contributed by atoms with Gasteiger partial charge in [-0.15, -0.1) is 0 Å². The molecule has 214 valence electrons. The van der Waals surface area contributed by atoms with Crippen LogP contribution in [0, 0.1) is 0 Å². The Hall–Kier alpha value is -4.18. The molecule has 8 aliphatic carbocycles. The molecule has 0 atom stereocenters. The van der Waals surface area contributed by atoms with Crippen LogP contribution in [0.15, 0.2) is 82.8 Å². The van der Waals surface area contributed by atoms with Crippen molar-refractivity contribution >= 4 is 11.4 Å². The smallest absolute Gasteiger partial charge is 0.128 e. The van der Waals surface area contributed by atoms with Gasteiger partial charge in [0, 0.05) is 22.6 Å². The lowest BCUT2D eigenvalue weighted by atomic mass is 9.90. The first kappa shape index (κ1) is 28.0. The van der Waals surface area contributed by atoms with E-state index in [1.54, 1.807) is 0 Å². The number of benzene rings is 4. The molecule has 4 aromatic rings. The lowest BCUT2D eigenvalue weighted by molar-refractivity contribution is 0.465. The largest absolute Gasteiger partial charge is 0.507 e. The first-order valence-electron chi connectivity index (χ1n) is 15.3. The molecule has 0 unspecified atom stereocenters. The van der Waals surface area contributed by atoms with Crippen molar-refractivity contribution in [3.8, 4) is 11.5 Å². The van der Waals surface area contributed by atoms with E-state index in [2.05, 4.69) is 72.8 Å². The van der Waals surface area contributed by atoms with E-state index in [0.717, 1.165) is 96.2 Å². The average molecular weight is 557 g/mol. The van der Waals surface area contributed by atoms with Gasteiger partial charge in [0.05, 0.1) is 13.1 Å². The summed E-state index contributed by atoms with van der Waals surface area (Å²) in [5, 5.41) is 22.6. The summed E-state index contributed by atoms with van der Waals surface area (Å²) in [5.74, 6) is 0.745. The molecular formula is C38H40N2O2. The van der Waals surface area contributed by atoms with Crippen molar-refractivity contribution in [3.05, 3.63) is 128 Å². The molecule has 8 bridgehead atoms. The Labute approximate surface area is 249 Å². The van der Waals surface area contributed by atoms with Gasteiger partial charge in [-0.05, 0) is 110 Å². The van der Waals surface area contributed by atoms with Crippen LogP contribution in [0.5, 0.6) is 11.5 Å². The maximum Gasteiger partial charge on any atom is 0.128 e. The highest BCUT2D eigenvalue weighted by atomic mass is 16.3. The molecule has 8 aliphatic rings. The third kappa shape index (κ3) is 6.04. The van der Waals surface area contributed by atoms with Gasteiger partial charge in [0.2, 0.25) is 0 Å². The predicted octanol–water partition coefficient (Wildman–Crippen LogP) is 7.18. The number of nitrogens with zero attached hydrogens (tertiary/aromatic N) is 2. The van der Waals surface area contributed by atoms with E-state index < -0.39 is 0 Å². The standard InChI is InChI=1S/C38H40N2O2/c1-25(35-31-15-11-27-3-7-29(8-4-27)13-17-33(21-19-31)37(35)41)39-23-24-40-26(2)36-32-16-12-28-5-9-30(10-6-28)14-18-34(22-20-32)38(36)42/h3-10,19-22,41-42H,11-18,23-24H2,1-2H3. The van der Waals surface area contributed by atoms with Crippen molar-refractivity contribution in [3.63, 3.8) is 0 Å². The molecule has 4 nitrogen and oxygen atoms in total. The number of rotatable bonds is 5. The van der Waals surface area contributed by atoms with Crippen molar-refractivity contribution in [1.82, 2.24) is 0 Å². The molecule has 0 saturated carbocycles. The van der Waals surface area contributed by atoms with Crippen LogP contribution in [0.2, 0.25) is 0 Å². The van der Waals surface area contributed by atoms with Crippen molar-refractivity contribution in [2.24, 2.45) is 9.98 Å². The summed E-state index contributed by atoms with van der Waals surface area (Å²) in [5.41, 5.74) is 12.9. The number of aryl methyl sites for hydroxylation is 8. The minimum Gasteiger partial charge on any atom is -0.507 e. The summed E-state index contributed by atoms with van der Waals surface area (Å²) >= 11 is 0. The number of phenols is 2. The van der Waals surface area contributed by atoms with Gasteiger partial charge in [-0.25, -0.2) is 0 Å². The molecule has 0 aliphatic heterocycles. The Morgan fingerprint density at radius 2 is 0.738 bits per heavy atom. The molecule has 4 heteroatoms. The van der Waals surface area contributed by atoms with Crippen LogP contribution in [0.3, 0.4) is 0 Å². The fourth-order valence-corrected chi connectivity index (χ4v) is 6.43. The van der Waals surface area contributed by atoms with Crippen LogP contribution in [-0.2, 0) is 51.4 Å². The zero-order chi connectivity index (χ0) is 29.1. The van der Waals surface area contributed by atoms with Crippen LogP contribution >= 0.6 is 0 Å². The molecule has 0 amide bonds. The lowest BCUT2D eigenvalue weighted by Crippen LogP contribution is -2.09. The van der Waals surface area contributed by atoms with E-state index in [1.165, 1.54) is 22.3 Å². The van der Waals surface area contributed by atoms with Crippen LogP contribution in [0.1, 0.15) is 69.5 Å². The highest BCUT2D eigenvalue weighted by molar-refractivity contribution is 6.03. The second-order valence-corrected chi connectivity index (χ2v) is 11.8. The first-order chi connectivity index (χ1) is 20.5. The van der Waals surface area contributed by atoms with Crippen LogP contribution < -0.4 is 0 Å². The zero-order valence-corrected chi connectivity index (χ0v) is 24.8. The minimum absolute atomic E-state index is 0.373. The molecule has 0 radical (unpaired) electrons. The van der Waals surface area contributed by atoms with E-state index in [-0.39, 0.29) is 0 Å². The van der Waals surface area contributed by atoms with Crippen LogP contribution in [0.25, 0.3) is 0 Å². The van der Waals surface area contributed by atoms with Crippen LogP contribution in [-0.4, -0.2) is 34.7 Å². The van der Waals surface area contributed by atoms with Crippen molar-refractivity contribution in [2.45, 2.75) is 65.2 Å². The average Bonchev–Trinajstić information content (AvgIpc) is 2.98. The minimum atomic E-state index is 0.373. The zero-order valence-electron chi connectivity index (χ0n) is 24.8. The normalized spacial score (nSPS) is 15.3. The summed E-state index contributed by atoms with van der Waals surface area (Å²) in [4.78, 5) is 9.77. The van der Waals surface area contributed by atoms with Gasteiger partial charge in [0.15, 0.2) is 0 Å². The fraction of sp³-hybridized carbons (Fsp3) is 0.316. The van der Waals surface area contributed by atoms with Gasteiger partial charge in [0.25, 0.3) is 0 Å². The molecule has 0 fully saturated rings. The summed E-state index contributed by atoms with van der Waals surface area (Å²) in [6, 6.07) is 26.3. The molecule has 0 spiro atoms. The molecular weight excluding hydrogens is 516 g/mol. The van der Waals surface area contributed by atoms with Crippen molar-refractivity contribution in [2.75, 3.05) is 13.1 Å².